The summed E-state index contributed by atoms with van der Waals surface area (Å²) in [5.41, 5.74) is 1.55. The molecule has 1 aliphatic carbocycles. The van der Waals surface area contributed by atoms with Gasteiger partial charge < -0.3 is 35.4 Å². The number of hydrogen-bond donors (Lipinski definition) is 4. The highest BCUT2D eigenvalue weighted by Crippen LogP contribution is 2.37. The molecule has 16 nitrogen and oxygen atoms in total. The fraction of sp³-hybridized carbons (Fsp3) is 0.357. The first kappa shape index (κ1) is 32.3. The molecule has 3 aromatic rings. The van der Waals surface area contributed by atoms with Crippen molar-refractivity contribution in [2.75, 3.05) is 35.7 Å². The predicted molar refractivity (Wildman–Crippen MR) is 161 cm³/mol. The lowest BCUT2D eigenvalue weighted by Gasteiger charge is -2.39. The Kier molecular flexibility index (Phi) is 9.90. The number of rotatable bonds is 9. The van der Waals surface area contributed by atoms with Crippen molar-refractivity contribution in [2.45, 2.75) is 44.9 Å². The Bertz CT molecular complexity index is 1740. The SMILES string of the molecule is C.COC(=O)N[C@H]1CCN(c2cc(C#N)cc(Nc3nc(NC4CC4)c4ncc(C#N)n4n3)c2Cl)C[C@@H]1OC(=O)/C=C/C(=O)O. The van der Waals surface area contributed by atoms with Crippen molar-refractivity contribution in [2.24, 2.45) is 0 Å². The number of nitrogens with zero attached hydrogens (tertiary/aromatic N) is 7. The van der Waals surface area contributed by atoms with E-state index in [1.54, 1.807) is 11.0 Å². The van der Waals surface area contributed by atoms with Crippen molar-refractivity contribution in [1.29, 1.82) is 10.5 Å². The number of amides is 1. The summed E-state index contributed by atoms with van der Waals surface area (Å²) in [6.45, 7) is 0.369. The number of carboxylic acid groups (broad SMARTS) is 1. The number of fused-ring (bicyclic) bond motifs is 1. The molecule has 5 rings (SSSR count). The second kappa shape index (κ2) is 13.8. The van der Waals surface area contributed by atoms with Gasteiger partial charge in [0.05, 0.1) is 53.9 Å². The maximum Gasteiger partial charge on any atom is 0.407 e. The summed E-state index contributed by atoms with van der Waals surface area (Å²) in [6, 6.07) is 6.82. The average molecular weight is 637 g/mol. The summed E-state index contributed by atoms with van der Waals surface area (Å²) in [6.07, 6.45) is 3.38. The second-order valence-corrected chi connectivity index (χ2v) is 10.3. The molecule has 2 aliphatic rings. The van der Waals surface area contributed by atoms with Gasteiger partial charge in [-0.15, -0.1) is 5.10 Å². The molecule has 0 bridgehead atoms. The van der Waals surface area contributed by atoms with Gasteiger partial charge in [-0.2, -0.15) is 20.0 Å². The Morgan fingerprint density at radius 3 is 2.62 bits per heavy atom. The number of halogens is 1. The van der Waals surface area contributed by atoms with Gasteiger partial charge >= 0.3 is 18.0 Å². The molecule has 17 heteroatoms. The number of nitriles is 2. The van der Waals surface area contributed by atoms with E-state index in [2.05, 4.69) is 41.8 Å². The van der Waals surface area contributed by atoms with Crippen molar-refractivity contribution in [3.8, 4) is 12.1 Å². The van der Waals surface area contributed by atoms with Gasteiger partial charge in [0.2, 0.25) is 5.95 Å². The third-order valence-corrected chi connectivity index (χ3v) is 7.24. The number of aliphatic carboxylic acids is 1. The molecule has 1 aromatic carbocycles. The highest BCUT2D eigenvalue weighted by Gasteiger charge is 2.35. The van der Waals surface area contributed by atoms with Gasteiger partial charge in [0.15, 0.2) is 17.2 Å². The lowest BCUT2D eigenvalue weighted by atomic mass is 10.0. The van der Waals surface area contributed by atoms with Crippen molar-refractivity contribution in [3.05, 3.63) is 46.8 Å². The van der Waals surface area contributed by atoms with Crippen LogP contribution in [0.4, 0.5) is 27.9 Å². The Hall–Kier alpha value is -5.61. The first-order valence-electron chi connectivity index (χ1n) is 13.3. The van der Waals surface area contributed by atoms with Crippen LogP contribution in [0.2, 0.25) is 5.02 Å². The fourth-order valence-electron chi connectivity index (χ4n) is 4.60. The molecule has 45 heavy (non-hydrogen) atoms. The second-order valence-electron chi connectivity index (χ2n) is 9.91. The minimum Gasteiger partial charge on any atom is -0.478 e. The molecule has 1 saturated carbocycles. The molecule has 0 unspecified atom stereocenters. The van der Waals surface area contributed by atoms with Crippen molar-refractivity contribution >= 4 is 58.4 Å². The van der Waals surface area contributed by atoms with E-state index in [1.807, 2.05) is 6.07 Å². The third kappa shape index (κ3) is 7.49. The van der Waals surface area contributed by atoms with Crippen LogP contribution in [0.5, 0.6) is 0 Å². The number of benzene rings is 1. The summed E-state index contributed by atoms with van der Waals surface area (Å²) in [5.74, 6) is -1.72. The van der Waals surface area contributed by atoms with Gasteiger partial charge in [-0.1, -0.05) is 19.0 Å². The summed E-state index contributed by atoms with van der Waals surface area (Å²) < 4.78 is 11.5. The number of hydrogen-bond acceptors (Lipinski definition) is 13. The molecule has 0 spiro atoms. The quantitative estimate of drug-likeness (QED) is 0.196. The van der Waals surface area contributed by atoms with Crippen LogP contribution in [0.25, 0.3) is 5.65 Å². The number of piperidine rings is 1. The van der Waals surface area contributed by atoms with Crippen LogP contribution in [0, 0.1) is 22.7 Å². The summed E-state index contributed by atoms with van der Waals surface area (Å²) >= 11 is 6.86. The van der Waals surface area contributed by atoms with Crippen LogP contribution < -0.4 is 20.9 Å². The number of carbonyl (C=O) groups excluding carboxylic acids is 2. The minimum atomic E-state index is -1.33. The smallest absolute Gasteiger partial charge is 0.407 e. The first-order valence-corrected chi connectivity index (χ1v) is 13.7. The largest absolute Gasteiger partial charge is 0.478 e. The van der Waals surface area contributed by atoms with Gasteiger partial charge in [0, 0.05) is 24.7 Å². The van der Waals surface area contributed by atoms with Crippen molar-refractivity contribution < 1.29 is 29.0 Å². The normalized spacial score (nSPS) is 17.5. The van der Waals surface area contributed by atoms with Crippen LogP contribution in [-0.2, 0) is 19.1 Å². The maximum absolute atomic E-state index is 12.3. The number of anilines is 4. The number of methoxy groups -OCH3 is 1. The number of imidazole rings is 1. The molecule has 1 aliphatic heterocycles. The van der Waals surface area contributed by atoms with E-state index in [9.17, 15) is 24.9 Å². The molecular weight excluding hydrogens is 608 g/mol. The van der Waals surface area contributed by atoms with Crippen molar-refractivity contribution in [1.82, 2.24) is 24.9 Å². The molecule has 0 radical (unpaired) electrons. The summed E-state index contributed by atoms with van der Waals surface area (Å²) in [4.78, 5) is 45.7. The van der Waals surface area contributed by atoms with Gasteiger partial charge in [0.25, 0.3) is 0 Å². The van der Waals surface area contributed by atoms with E-state index in [0.717, 1.165) is 18.9 Å². The zero-order valence-electron chi connectivity index (χ0n) is 23.2. The van der Waals surface area contributed by atoms with Crippen LogP contribution in [0.1, 0.15) is 37.9 Å². The number of nitrogens with one attached hydrogen (secondary N) is 3. The molecule has 234 valence electrons. The molecule has 3 heterocycles. The number of carboxylic acids is 1. The number of esters is 1. The monoisotopic (exact) mass is 636 g/mol. The summed E-state index contributed by atoms with van der Waals surface area (Å²) in [5, 5.41) is 41.7. The topological polar surface area (TPSA) is 220 Å². The number of alkyl carbamates (subject to hydrolysis) is 1. The van der Waals surface area contributed by atoms with Gasteiger partial charge in [0.1, 0.15) is 12.2 Å². The predicted octanol–water partition coefficient (Wildman–Crippen LogP) is 2.96. The van der Waals surface area contributed by atoms with E-state index in [4.69, 9.17) is 21.4 Å². The Morgan fingerprint density at radius 2 is 1.96 bits per heavy atom. The van der Waals surface area contributed by atoms with Crippen molar-refractivity contribution in [3.63, 3.8) is 0 Å². The third-order valence-electron chi connectivity index (χ3n) is 6.84. The average Bonchev–Trinajstić information content (AvgIpc) is 3.73. The Labute approximate surface area is 262 Å². The number of aromatic nitrogens is 4. The Morgan fingerprint density at radius 1 is 1.18 bits per heavy atom. The molecule has 4 N–H and O–H groups in total. The van der Waals surface area contributed by atoms with Crippen LogP contribution in [0.15, 0.2) is 30.5 Å². The first-order chi connectivity index (χ1) is 21.2. The lowest BCUT2D eigenvalue weighted by molar-refractivity contribution is -0.145. The summed E-state index contributed by atoms with van der Waals surface area (Å²) in [7, 11) is 1.20. The molecular formula is C28H29ClN10O6. The number of carbonyl (C=O) groups is 3. The number of ether oxygens (including phenoxy) is 2. The van der Waals surface area contributed by atoms with E-state index >= 15 is 0 Å². The zero-order valence-corrected chi connectivity index (χ0v) is 23.9. The van der Waals surface area contributed by atoms with Crippen LogP contribution in [0.3, 0.4) is 0 Å². The van der Waals surface area contributed by atoms with E-state index in [0.29, 0.717) is 41.9 Å². The van der Waals surface area contributed by atoms with Crippen LogP contribution >= 0.6 is 11.6 Å². The molecule has 2 fully saturated rings. The molecule has 2 atom stereocenters. The maximum atomic E-state index is 12.3. The fourth-order valence-corrected chi connectivity index (χ4v) is 4.88. The standard InChI is InChI=1S/C27H25ClN10O6.CH4/c1-43-27(42)34-17-6-7-37(13-20(17)44-22(41)5-4-21(39)40)19-9-14(10-29)8-18(23(19)28)33-26-35-24(32-15-2-3-15)25-31-12-16(11-30)38(25)36-26;/h4-5,8-9,12,15,17,20H,2-3,6-7,13H2,1H3,(H,34,42)(H,39,40)(H2,32,33,35,36);1H4/b5-4+;/t17-,20-;/m0./s1. The lowest BCUT2D eigenvalue weighted by Crippen LogP contribution is -2.55. The van der Waals surface area contributed by atoms with Gasteiger partial charge in [-0.25, -0.2) is 19.4 Å². The van der Waals surface area contributed by atoms with Crippen LogP contribution in [-0.4, -0.2) is 81.1 Å². The Balaban J connectivity index is 0.00000461. The minimum absolute atomic E-state index is 0. The molecule has 2 aromatic heterocycles. The van der Waals surface area contributed by atoms with Gasteiger partial charge in [-0.05, 0) is 31.4 Å². The highest BCUT2D eigenvalue weighted by molar-refractivity contribution is 6.36. The van der Waals surface area contributed by atoms with Gasteiger partial charge in [-0.3, -0.25) is 0 Å². The molecule has 1 amide bonds. The highest BCUT2D eigenvalue weighted by atomic mass is 35.5. The van der Waals surface area contributed by atoms with E-state index in [1.165, 1.54) is 23.9 Å². The zero-order chi connectivity index (χ0) is 31.4. The van der Waals surface area contributed by atoms with E-state index < -0.39 is 30.2 Å². The molecule has 1 saturated heterocycles. The van der Waals surface area contributed by atoms with E-state index in [-0.39, 0.29) is 42.2 Å².